The summed E-state index contributed by atoms with van der Waals surface area (Å²) in [6, 6.07) is -0.0927. The zero-order valence-corrected chi connectivity index (χ0v) is 11.0. The lowest BCUT2D eigenvalue weighted by Gasteiger charge is -2.35. The Hall–Kier alpha value is -0.570. The van der Waals surface area contributed by atoms with Crippen molar-refractivity contribution in [2.45, 2.75) is 64.5 Å². The Labute approximate surface area is 98.9 Å². The second-order valence-electron chi connectivity index (χ2n) is 4.82. The second-order valence-corrected chi connectivity index (χ2v) is 4.82. The van der Waals surface area contributed by atoms with Crippen LogP contribution in [-0.4, -0.2) is 24.7 Å². The summed E-state index contributed by atoms with van der Waals surface area (Å²) in [6.45, 7) is 6.55. The van der Waals surface area contributed by atoms with Crippen LogP contribution in [0.15, 0.2) is 0 Å². The summed E-state index contributed by atoms with van der Waals surface area (Å²) in [4.78, 5) is 11.7. The molecule has 1 unspecified atom stereocenters. The van der Waals surface area contributed by atoms with Gasteiger partial charge in [-0.25, -0.2) is 0 Å². The molecule has 1 aliphatic rings. The normalized spacial score (nSPS) is 18.2. The van der Waals surface area contributed by atoms with Crippen LogP contribution in [0.5, 0.6) is 0 Å². The van der Waals surface area contributed by atoms with Crippen molar-refractivity contribution >= 4 is 5.97 Å². The van der Waals surface area contributed by atoms with Crippen LogP contribution in [0.2, 0.25) is 0 Å². The number of ether oxygens (including phenoxy) is 1. The summed E-state index contributed by atoms with van der Waals surface area (Å²) in [5, 5.41) is 3.55. The molecular formula is C13H25NO2. The summed E-state index contributed by atoms with van der Waals surface area (Å²) in [6.07, 6.45) is 5.47. The number of carbonyl (C=O) groups excluding carboxylic acids is 1. The van der Waals surface area contributed by atoms with Gasteiger partial charge in [-0.3, -0.25) is 10.1 Å². The average molecular weight is 227 g/mol. The van der Waals surface area contributed by atoms with E-state index in [9.17, 15) is 4.79 Å². The summed E-state index contributed by atoms with van der Waals surface area (Å²) < 4.78 is 4.89. The number of hydrogen-bond acceptors (Lipinski definition) is 3. The lowest BCUT2D eigenvalue weighted by atomic mass is 9.88. The Morgan fingerprint density at radius 3 is 2.12 bits per heavy atom. The average Bonchev–Trinajstić information content (AvgIpc) is 3.15. The predicted octanol–water partition coefficient (Wildman–Crippen LogP) is 2.50. The van der Waals surface area contributed by atoms with Gasteiger partial charge in [0.05, 0.1) is 7.11 Å². The van der Waals surface area contributed by atoms with Gasteiger partial charge >= 0.3 is 5.97 Å². The number of nitrogens with one attached hydrogen (secondary N) is 1. The molecule has 0 bridgehead atoms. The van der Waals surface area contributed by atoms with Crippen molar-refractivity contribution in [3.05, 3.63) is 0 Å². The third-order valence-electron chi connectivity index (χ3n) is 4.04. The van der Waals surface area contributed by atoms with Gasteiger partial charge < -0.3 is 4.74 Å². The molecule has 0 aliphatic heterocycles. The van der Waals surface area contributed by atoms with E-state index in [1.54, 1.807) is 0 Å². The van der Waals surface area contributed by atoms with Crippen molar-refractivity contribution in [3.8, 4) is 0 Å². The van der Waals surface area contributed by atoms with Crippen LogP contribution in [0.4, 0.5) is 0 Å². The molecule has 1 atom stereocenters. The molecule has 3 nitrogen and oxygen atoms in total. The summed E-state index contributed by atoms with van der Waals surface area (Å²) >= 11 is 0. The fourth-order valence-electron chi connectivity index (χ4n) is 2.31. The van der Waals surface area contributed by atoms with Crippen LogP contribution in [0, 0.1) is 5.92 Å². The highest BCUT2D eigenvalue weighted by molar-refractivity contribution is 5.76. The van der Waals surface area contributed by atoms with Gasteiger partial charge in [0.2, 0.25) is 0 Å². The van der Waals surface area contributed by atoms with E-state index in [-0.39, 0.29) is 17.6 Å². The monoisotopic (exact) mass is 227 g/mol. The zero-order valence-electron chi connectivity index (χ0n) is 11.0. The Morgan fingerprint density at radius 2 is 1.81 bits per heavy atom. The Balaban J connectivity index is 2.68. The van der Waals surface area contributed by atoms with E-state index < -0.39 is 0 Å². The molecule has 0 aromatic rings. The van der Waals surface area contributed by atoms with Crippen LogP contribution in [0.3, 0.4) is 0 Å². The van der Waals surface area contributed by atoms with Gasteiger partial charge in [-0.2, -0.15) is 0 Å². The molecule has 94 valence electrons. The van der Waals surface area contributed by atoms with Crippen molar-refractivity contribution in [2.75, 3.05) is 7.11 Å². The molecule has 0 aromatic heterocycles. The highest BCUT2D eigenvalue weighted by atomic mass is 16.5. The van der Waals surface area contributed by atoms with Crippen molar-refractivity contribution in [2.24, 2.45) is 5.92 Å². The van der Waals surface area contributed by atoms with E-state index in [1.807, 2.05) is 0 Å². The molecular weight excluding hydrogens is 202 g/mol. The van der Waals surface area contributed by atoms with E-state index >= 15 is 0 Å². The maximum atomic E-state index is 11.7. The first kappa shape index (κ1) is 13.5. The Kier molecular flexibility index (Phi) is 4.78. The third kappa shape index (κ3) is 2.97. The molecule has 0 saturated heterocycles. The fraction of sp³-hybridized carbons (Fsp3) is 0.923. The van der Waals surface area contributed by atoms with Crippen LogP contribution in [0.1, 0.15) is 52.9 Å². The molecule has 0 spiro atoms. The molecule has 1 fully saturated rings. The van der Waals surface area contributed by atoms with Crippen LogP contribution < -0.4 is 5.32 Å². The third-order valence-corrected chi connectivity index (χ3v) is 4.04. The van der Waals surface area contributed by atoms with Crippen molar-refractivity contribution < 1.29 is 9.53 Å². The van der Waals surface area contributed by atoms with Crippen LogP contribution in [-0.2, 0) is 9.53 Å². The van der Waals surface area contributed by atoms with E-state index in [0.29, 0.717) is 5.92 Å². The standard InChI is InChI=1S/C13H25NO2/c1-5-13(6-2,7-3)14-11(10-8-9-10)12(15)16-4/h10-11,14H,5-9H2,1-4H3. The van der Waals surface area contributed by atoms with E-state index in [2.05, 4.69) is 26.1 Å². The maximum absolute atomic E-state index is 11.7. The molecule has 0 amide bonds. The Bertz CT molecular complexity index is 224. The first-order valence-corrected chi connectivity index (χ1v) is 6.48. The first-order valence-electron chi connectivity index (χ1n) is 6.48. The molecule has 1 rings (SSSR count). The summed E-state index contributed by atoms with van der Waals surface area (Å²) in [7, 11) is 1.48. The number of carbonyl (C=O) groups is 1. The van der Waals surface area contributed by atoms with E-state index in [0.717, 1.165) is 32.1 Å². The predicted molar refractivity (Wildman–Crippen MR) is 65.3 cm³/mol. The van der Waals surface area contributed by atoms with Gasteiger partial charge in [-0.05, 0) is 38.0 Å². The number of esters is 1. The van der Waals surface area contributed by atoms with Crippen molar-refractivity contribution in [1.82, 2.24) is 5.32 Å². The van der Waals surface area contributed by atoms with Gasteiger partial charge in [0, 0.05) is 5.54 Å². The summed E-state index contributed by atoms with van der Waals surface area (Å²) in [5.41, 5.74) is 0.0987. The smallest absolute Gasteiger partial charge is 0.323 e. The fourth-order valence-corrected chi connectivity index (χ4v) is 2.31. The lowest BCUT2D eigenvalue weighted by molar-refractivity contribution is -0.144. The van der Waals surface area contributed by atoms with Gasteiger partial charge in [0.15, 0.2) is 0 Å². The van der Waals surface area contributed by atoms with E-state index in [1.165, 1.54) is 7.11 Å². The topological polar surface area (TPSA) is 38.3 Å². The maximum Gasteiger partial charge on any atom is 0.323 e. The molecule has 1 saturated carbocycles. The molecule has 1 N–H and O–H groups in total. The summed E-state index contributed by atoms with van der Waals surface area (Å²) in [5.74, 6) is 0.402. The second kappa shape index (κ2) is 5.67. The molecule has 0 radical (unpaired) electrons. The molecule has 16 heavy (non-hydrogen) atoms. The van der Waals surface area contributed by atoms with Gasteiger partial charge in [0.25, 0.3) is 0 Å². The largest absolute Gasteiger partial charge is 0.468 e. The number of rotatable bonds is 7. The molecule has 3 heteroatoms. The number of hydrogen-bond donors (Lipinski definition) is 1. The highest BCUT2D eigenvalue weighted by Gasteiger charge is 2.40. The van der Waals surface area contributed by atoms with Crippen molar-refractivity contribution in [3.63, 3.8) is 0 Å². The Morgan fingerprint density at radius 1 is 1.31 bits per heavy atom. The minimum absolute atomic E-state index is 0.0927. The first-order chi connectivity index (χ1) is 7.62. The minimum atomic E-state index is -0.0952. The SMILES string of the molecule is CCC(CC)(CC)NC(C(=O)OC)C1CC1. The number of methoxy groups -OCH3 is 1. The highest BCUT2D eigenvalue weighted by Crippen LogP contribution is 2.35. The van der Waals surface area contributed by atoms with Gasteiger partial charge in [-0.1, -0.05) is 20.8 Å². The van der Waals surface area contributed by atoms with Crippen LogP contribution in [0.25, 0.3) is 0 Å². The van der Waals surface area contributed by atoms with E-state index in [4.69, 9.17) is 4.74 Å². The van der Waals surface area contributed by atoms with Gasteiger partial charge in [0.1, 0.15) is 6.04 Å². The lowest BCUT2D eigenvalue weighted by Crippen LogP contribution is -2.53. The molecule has 1 aliphatic carbocycles. The minimum Gasteiger partial charge on any atom is -0.468 e. The molecule has 0 aromatic carbocycles. The molecule has 0 heterocycles. The van der Waals surface area contributed by atoms with Crippen molar-refractivity contribution in [1.29, 1.82) is 0 Å². The van der Waals surface area contributed by atoms with Crippen LogP contribution >= 0.6 is 0 Å². The van der Waals surface area contributed by atoms with Gasteiger partial charge in [-0.15, -0.1) is 0 Å². The zero-order chi connectivity index (χ0) is 12.2. The quantitative estimate of drug-likeness (QED) is 0.679.